The standard InChI is InChI=1S/C9H18BrNO3/c1-14-9(13)8(10)7-11-5-3-2-4-6-12/h8,11-12H,2-7H2,1H3. The fourth-order valence-electron chi connectivity index (χ4n) is 0.979. The van der Waals surface area contributed by atoms with Crippen LogP contribution in [0.5, 0.6) is 0 Å². The summed E-state index contributed by atoms with van der Waals surface area (Å²) in [6.07, 6.45) is 2.87. The molecule has 0 aliphatic carbocycles. The van der Waals surface area contributed by atoms with E-state index in [2.05, 4.69) is 26.0 Å². The average molecular weight is 268 g/mol. The Hall–Kier alpha value is -0.130. The van der Waals surface area contributed by atoms with Crippen molar-refractivity contribution >= 4 is 21.9 Å². The molecule has 0 aromatic rings. The molecule has 1 atom stereocenters. The van der Waals surface area contributed by atoms with Crippen LogP contribution in [0.15, 0.2) is 0 Å². The lowest BCUT2D eigenvalue weighted by Crippen LogP contribution is -2.30. The van der Waals surface area contributed by atoms with Crippen molar-refractivity contribution in [1.82, 2.24) is 5.32 Å². The number of ether oxygens (including phenoxy) is 1. The summed E-state index contributed by atoms with van der Waals surface area (Å²) in [6.45, 7) is 1.69. The Balaban J connectivity index is 3.23. The van der Waals surface area contributed by atoms with E-state index in [1.807, 2.05) is 0 Å². The van der Waals surface area contributed by atoms with Crippen molar-refractivity contribution in [2.45, 2.75) is 24.1 Å². The van der Waals surface area contributed by atoms with Crippen molar-refractivity contribution in [3.63, 3.8) is 0 Å². The molecule has 4 nitrogen and oxygen atoms in total. The van der Waals surface area contributed by atoms with Crippen LogP contribution in [-0.4, -0.2) is 42.7 Å². The van der Waals surface area contributed by atoms with E-state index in [9.17, 15) is 4.79 Å². The summed E-state index contributed by atoms with van der Waals surface area (Å²) in [5.41, 5.74) is 0. The van der Waals surface area contributed by atoms with Crippen LogP contribution in [0.25, 0.3) is 0 Å². The molecule has 0 fully saturated rings. The van der Waals surface area contributed by atoms with E-state index in [4.69, 9.17) is 5.11 Å². The highest BCUT2D eigenvalue weighted by Crippen LogP contribution is 2.00. The number of esters is 1. The second kappa shape index (κ2) is 9.43. The molecule has 1 unspecified atom stereocenters. The lowest BCUT2D eigenvalue weighted by Gasteiger charge is -2.08. The third-order valence-corrected chi connectivity index (χ3v) is 2.49. The zero-order valence-electron chi connectivity index (χ0n) is 8.46. The van der Waals surface area contributed by atoms with E-state index < -0.39 is 0 Å². The number of unbranched alkanes of at least 4 members (excludes halogenated alkanes) is 2. The maximum absolute atomic E-state index is 10.9. The highest BCUT2D eigenvalue weighted by Gasteiger charge is 2.13. The van der Waals surface area contributed by atoms with E-state index in [1.165, 1.54) is 7.11 Å². The highest BCUT2D eigenvalue weighted by molar-refractivity contribution is 9.10. The summed E-state index contributed by atoms with van der Waals surface area (Å²) in [5.74, 6) is -0.257. The molecule has 0 amide bonds. The van der Waals surface area contributed by atoms with Gasteiger partial charge in [0.05, 0.1) is 7.11 Å². The van der Waals surface area contributed by atoms with Crippen LogP contribution < -0.4 is 5.32 Å². The Morgan fingerprint density at radius 1 is 1.50 bits per heavy atom. The maximum Gasteiger partial charge on any atom is 0.320 e. The molecular weight excluding hydrogens is 250 g/mol. The van der Waals surface area contributed by atoms with Crippen molar-refractivity contribution in [3.05, 3.63) is 0 Å². The van der Waals surface area contributed by atoms with Crippen molar-refractivity contribution in [2.75, 3.05) is 26.8 Å². The number of hydrogen-bond acceptors (Lipinski definition) is 4. The molecule has 0 spiro atoms. The van der Waals surface area contributed by atoms with E-state index in [-0.39, 0.29) is 17.4 Å². The van der Waals surface area contributed by atoms with Gasteiger partial charge in [0.15, 0.2) is 0 Å². The molecule has 0 radical (unpaired) electrons. The molecule has 0 aliphatic heterocycles. The van der Waals surface area contributed by atoms with Gasteiger partial charge in [0.2, 0.25) is 0 Å². The first-order valence-electron chi connectivity index (χ1n) is 4.75. The molecule has 14 heavy (non-hydrogen) atoms. The molecule has 0 heterocycles. The summed E-state index contributed by atoms with van der Waals surface area (Å²) in [7, 11) is 1.37. The molecule has 0 aromatic carbocycles. The van der Waals surface area contributed by atoms with Crippen molar-refractivity contribution in [3.8, 4) is 0 Å². The fourth-order valence-corrected chi connectivity index (χ4v) is 1.39. The number of aliphatic hydroxyl groups is 1. The van der Waals surface area contributed by atoms with E-state index in [1.54, 1.807) is 0 Å². The second-order valence-electron chi connectivity index (χ2n) is 2.98. The van der Waals surface area contributed by atoms with Crippen LogP contribution in [0.1, 0.15) is 19.3 Å². The van der Waals surface area contributed by atoms with Gasteiger partial charge in [-0.2, -0.15) is 0 Å². The molecule has 84 valence electrons. The number of alkyl halides is 1. The van der Waals surface area contributed by atoms with Gasteiger partial charge in [-0.15, -0.1) is 0 Å². The van der Waals surface area contributed by atoms with Crippen molar-refractivity contribution in [2.24, 2.45) is 0 Å². The molecule has 0 saturated heterocycles. The average Bonchev–Trinajstić information content (AvgIpc) is 2.21. The molecule has 0 bridgehead atoms. The largest absolute Gasteiger partial charge is 0.468 e. The minimum Gasteiger partial charge on any atom is -0.468 e. The molecule has 0 rings (SSSR count). The summed E-state index contributed by atoms with van der Waals surface area (Å²) in [4.78, 5) is 10.7. The zero-order valence-corrected chi connectivity index (χ0v) is 10.0. The number of aliphatic hydroxyl groups excluding tert-OH is 1. The number of hydrogen-bond donors (Lipinski definition) is 2. The van der Waals surface area contributed by atoms with Gasteiger partial charge in [0.1, 0.15) is 4.83 Å². The summed E-state index contributed by atoms with van der Waals surface area (Å²) < 4.78 is 4.55. The Morgan fingerprint density at radius 3 is 2.79 bits per heavy atom. The fraction of sp³-hybridized carbons (Fsp3) is 0.889. The second-order valence-corrected chi connectivity index (χ2v) is 4.08. The van der Waals surface area contributed by atoms with E-state index >= 15 is 0 Å². The zero-order chi connectivity index (χ0) is 10.8. The van der Waals surface area contributed by atoms with Gasteiger partial charge in [-0.05, 0) is 25.8 Å². The first kappa shape index (κ1) is 13.9. The smallest absolute Gasteiger partial charge is 0.320 e. The summed E-state index contributed by atoms with van der Waals surface area (Å²) >= 11 is 3.21. The molecule has 0 aromatic heterocycles. The predicted molar refractivity (Wildman–Crippen MR) is 58.5 cm³/mol. The number of rotatable bonds is 8. The third-order valence-electron chi connectivity index (χ3n) is 1.79. The van der Waals surface area contributed by atoms with Gasteiger partial charge >= 0.3 is 5.97 Å². The summed E-state index contributed by atoms with van der Waals surface area (Å²) in [5, 5.41) is 11.7. The van der Waals surface area contributed by atoms with Gasteiger partial charge in [0.25, 0.3) is 0 Å². The normalized spacial score (nSPS) is 12.5. The maximum atomic E-state index is 10.9. The van der Waals surface area contributed by atoms with E-state index in [0.29, 0.717) is 6.54 Å². The Bertz CT molecular complexity index is 155. The van der Waals surface area contributed by atoms with Gasteiger partial charge < -0.3 is 15.2 Å². The van der Waals surface area contributed by atoms with Crippen molar-refractivity contribution < 1.29 is 14.6 Å². The van der Waals surface area contributed by atoms with E-state index in [0.717, 1.165) is 25.8 Å². The van der Waals surface area contributed by atoms with Gasteiger partial charge in [0, 0.05) is 13.2 Å². The lowest BCUT2D eigenvalue weighted by molar-refractivity contribution is -0.139. The third kappa shape index (κ3) is 7.29. The number of methoxy groups -OCH3 is 1. The summed E-state index contributed by atoms with van der Waals surface area (Å²) in [6, 6.07) is 0. The highest BCUT2D eigenvalue weighted by atomic mass is 79.9. The predicted octanol–water partition coefficient (Wildman–Crippen LogP) is 0.675. The number of carbonyl (C=O) groups excluding carboxylic acids is 1. The SMILES string of the molecule is COC(=O)C(Br)CNCCCCCO. The van der Waals surface area contributed by atoms with Gasteiger partial charge in [-0.3, -0.25) is 4.79 Å². The minimum absolute atomic E-state index is 0.253. The number of nitrogens with one attached hydrogen (secondary N) is 1. The van der Waals surface area contributed by atoms with Crippen LogP contribution in [0, 0.1) is 0 Å². The molecule has 0 aliphatic rings. The quantitative estimate of drug-likeness (QED) is 0.386. The lowest BCUT2D eigenvalue weighted by atomic mass is 10.2. The molecule has 5 heteroatoms. The van der Waals surface area contributed by atoms with Crippen LogP contribution in [0.2, 0.25) is 0 Å². The molecular formula is C9H18BrNO3. The van der Waals surface area contributed by atoms with Gasteiger partial charge in [-0.25, -0.2) is 0 Å². The van der Waals surface area contributed by atoms with Gasteiger partial charge in [-0.1, -0.05) is 15.9 Å². The Labute approximate surface area is 93.1 Å². The topological polar surface area (TPSA) is 58.6 Å². The van der Waals surface area contributed by atoms with Crippen molar-refractivity contribution in [1.29, 1.82) is 0 Å². The minimum atomic E-state index is -0.273. The first-order chi connectivity index (χ1) is 6.72. The number of halogens is 1. The van der Waals surface area contributed by atoms with Crippen LogP contribution in [-0.2, 0) is 9.53 Å². The van der Waals surface area contributed by atoms with Crippen LogP contribution >= 0.6 is 15.9 Å². The van der Waals surface area contributed by atoms with Crippen LogP contribution in [0.3, 0.4) is 0 Å². The molecule has 2 N–H and O–H groups in total. The first-order valence-corrected chi connectivity index (χ1v) is 5.67. The Kier molecular flexibility index (Phi) is 9.34. The number of carbonyl (C=O) groups is 1. The van der Waals surface area contributed by atoms with Crippen LogP contribution in [0.4, 0.5) is 0 Å². The molecule has 0 saturated carbocycles. The monoisotopic (exact) mass is 267 g/mol. The Morgan fingerprint density at radius 2 is 2.21 bits per heavy atom.